The molecule has 8 nitrogen and oxygen atoms in total. The van der Waals surface area contributed by atoms with Crippen LogP contribution in [0.3, 0.4) is 0 Å². The Morgan fingerprint density at radius 2 is 1.78 bits per heavy atom. The molecule has 2 heterocycles. The van der Waals surface area contributed by atoms with Gasteiger partial charge in [0.25, 0.3) is 5.91 Å². The van der Waals surface area contributed by atoms with Crippen LogP contribution < -0.4 is 10.6 Å². The predicted molar refractivity (Wildman–Crippen MR) is 141 cm³/mol. The second kappa shape index (κ2) is 11.2. The third kappa shape index (κ3) is 5.90. The van der Waals surface area contributed by atoms with E-state index < -0.39 is 6.04 Å². The number of thioether (sulfide) groups is 1. The van der Waals surface area contributed by atoms with E-state index in [1.54, 1.807) is 12.1 Å². The van der Waals surface area contributed by atoms with Crippen LogP contribution in [-0.4, -0.2) is 51.5 Å². The van der Waals surface area contributed by atoms with Gasteiger partial charge in [0.05, 0.1) is 17.9 Å². The Kier molecular flexibility index (Phi) is 7.64. The van der Waals surface area contributed by atoms with Crippen molar-refractivity contribution in [3.05, 3.63) is 65.5 Å². The SMILES string of the molecule is O=C(C[C@@H]1N=C2c3ccccc3N=C(SCC(=O)NC3CCCCC3)N2C1=O)NCc1ccc(F)cc1. The quantitative estimate of drug-likeness (QED) is 0.580. The molecule has 192 valence electrons. The van der Waals surface area contributed by atoms with Gasteiger partial charge in [-0.15, -0.1) is 0 Å². The molecule has 3 amide bonds. The zero-order valence-electron chi connectivity index (χ0n) is 20.3. The Balaban J connectivity index is 1.25. The van der Waals surface area contributed by atoms with Crippen molar-refractivity contribution in [3.63, 3.8) is 0 Å². The van der Waals surface area contributed by atoms with E-state index in [9.17, 15) is 18.8 Å². The summed E-state index contributed by atoms with van der Waals surface area (Å²) in [6.45, 7) is 0.224. The number of nitrogens with zero attached hydrogens (tertiary/aromatic N) is 3. The molecule has 0 spiro atoms. The lowest BCUT2D eigenvalue weighted by molar-refractivity contribution is -0.128. The van der Waals surface area contributed by atoms with Crippen LogP contribution in [0.25, 0.3) is 0 Å². The zero-order valence-corrected chi connectivity index (χ0v) is 21.1. The van der Waals surface area contributed by atoms with Crippen LogP contribution in [0, 0.1) is 5.82 Å². The van der Waals surface area contributed by atoms with E-state index in [4.69, 9.17) is 0 Å². The van der Waals surface area contributed by atoms with Crippen molar-refractivity contribution in [3.8, 4) is 0 Å². The molecule has 1 fully saturated rings. The van der Waals surface area contributed by atoms with Crippen molar-refractivity contribution in [2.75, 3.05) is 5.75 Å². The van der Waals surface area contributed by atoms with Gasteiger partial charge in [-0.1, -0.05) is 55.3 Å². The lowest BCUT2D eigenvalue weighted by Gasteiger charge is -2.26. The monoisotopic (exact) mass is 521 g/mol. The molecule has 0 aromatic heterocycles. The van der Waals surface area contributed by atoms with Crippen molar-refractivity contribution in [1.29, 1.82) is 0 Å². The fourth-order valence-electron chi connectivity index (χ4n) is 4.73. The molecule has 2 aromatic rings. The fourth-order valence-corrected chi connectivity index (χ4v) is 5.54. The van der Waals surface area contributed by atoms with Crippen LogP contribution in [0.2, 0.25) is 0 Å². The van der Waals surface area contributed by atoms with Crippen molar-refractivity contribution < 1.29 is 18.8 Å². The van der Waals surface area contributed by atoms with E-state index in [1.165, 1.54) is 35.2 Å². The molecule has 37 heavy (non-hydrogen) atoms. The van der Waals surface area contributed by atoms with Gasteiger partial charge in [0, 0.05) is 18.2 Å². The largest absolute Gasteiger partial charge is 0.353 e. The molecule has 1 saturated carbocycles. The van der Waals surface area contributed by atoms with Gasteiger partial charge in [-0.3, -0.25) is 19.4 Å². The summed E-state index contributed by atoms with van der Waals surface area (Å²) in [4.78, 5) is 49.2. The van der Waals surface area contributed by atoms with Gasteiger partial charge in [-0.25, -0.2) is 14.3 Å². The Morgan fingerprint density at radius 3 is 2.57 bits per heavy atom. The number of hydrogen-bond donors (Lipinski definition) is 2. The number of fused-ring (bicyclic) bond motifs is 3. The minimum atomic E-state index is -0.892. The molecule has 2 aromatic carbocycles. The number of nitrogens with one attached hydrogen (secondary N) is 2. The Bertz CT molecular complexity index is 1260. The maximum atomic E-state index is 13.4. The molecule has 0 radical (unpaired) electrons. The molecule has 3 aliphatic rings. The maximum absolute atomic E-state index is 13.4. The van der Waals surface area contributed by atoms with E-state index in [0.717, 1.165) is 31.2 Å². The van der Waals surface area contributed by atoms with E-state index >= 15 is 0 Å². The van der Waals surface area contributed by atoms with E-state index in [-0.39, 0.29) is 48.3 Å². The van der Waals surface area contributed by atoms with Crippen LogP contribution in [0.15, 0.2) is 58.5 Å². The lowest BCUT2D eigenvalue weighted by Crippen LogP contribution is -2.43. The second-order valence-corrected chi connectivity index (χ2v) is 10.3. The second-order valence-electron chi connectivity index (χ2n) is 9.35. The van der Waals surface area contributed by atoms with E-state index in [2.05, 4.69) is 20.6 Å². The van der Waals surface area contributed by atoms with Gasteiger partial charge in [-0.05, 0) is 42.7 Å². The third-order valence-electron chi connectivity index (χ3n) is 6.63. The van der Waals surface area contributed by atoms with Crippen molar-refractivity contribution in [1.82, 2.24) is 15.5 Å². The van der Waals surface area contributed by atoms with Crippen molar-refractivity contribution in [2.45, 2.75) is 57.2 Å². The average molecular weight is 522 g/mol. The number of rotatable bonds is 7. The zero-order chi connectivity index (χ0) is 25.8. The summed E-state index contributed by atoms with van der Waals surface area (Å²) in [6, 6.07) is 12.5. The molecule has 0 bridgehead atoms. The van der Waals surface area contributed by atoms with Crippen LogP contribution in [-0.2, 0) is 20.9 Å². The van der Waals surface area contributed by atoms with Gasteiger partial charge in [0.1, 0.15) is 17.7 Å². The normalized spacial score (nSPS) is 19.0. The highest BCUT2D eigenvalue weighted by molar-refractivity contribution is 8.14. The van der Waals surface area contributed by atoms with Gasteiger partial charge in [0.2, 0.25) is 11.8 Å². The number of amidine groups is 2. The summed E-state index contributed by atoms with van der Waals surface area (Å²) in [5.41, 5.74) is 2.13. The van der Waals surface area contributed by atoms with Crippen LogP contribution >= 0.6 is 11.8 Å². The Hall–Kier alpha value is -3.53. The molecular weight excluding hydrogens is 493 g/mol. The van der Waals surface area contributed by atoms with E-state index in [1.807, 2.05) is 24.3 Å². The van der Waals surface area contributed by atoms with Crippen LogP contribution in [0.4, 0.5) is 10.1 Å². The first-order chi connectivity index (χ1) is 18.0. The van der Waals surface area contributed by atoms with Gasteiger partial charge >= 0.3 is 0 Å². The first-order valence-corrected chi connectivity index (χ1v) is 13.5. The maximum Gasteiger partial charge on any atom is 0.259 e. The number of benzene rings is 2. The van der Waals surface area contributed by atoms with Gasteiger partial charge in [0.15, 0.2) is 5.17 Å². The Labute approximate surface area is 218 Å². The summed E-state index contributed by atoms with van der Waals surface area (Å²) in [5, 5.41) is 6.24. The third-order valence-corrected chi connectivity index (χ3v) is 7.57. The number of hydrogen-bond acceptors (Lipinski definition) is 6. The molecule has 1 atom stereocenters. The van der Waals surface area contributed by atoms with Crippen LogP contribution in [0.1, 0.15) is 49.7 Å². The molecule has 0 saturated heterocycles. The summed E-state index contributed by atoms with van der Waals surface area (Å²) < 4.78 is 13.1. The number of carbonyl (C=O) groups excluding carboxylic acids is 3. The predicted octanol–water partition coefficient (Wildman–Crippen LogP) is 3.67. The number of para-hydroxylation sites is 1. The standard InChI is InChI=1S/C27H28FN5O3S/c28-18-12-10-17(11-13-18)15-29-23(34)14-22-26(36)33-25(31-22)20-8-4-5-9-21(20)32-27(33)37-16-24(35)30-19-6-2-1-3-7-19/h4-5,8-13,19,22H,1-3,6-7,14-16H2,(H,29,34)(H,30,35)/t22-/m0/s1. The molecular formula is C27H28FN5O3S. The smallest absolute Gasteiger partial charge is 0.259 e. The van der Waals surface area contributed by atoms with Gasteiger partial charge in [-0.2, -0.15) is 0 Å². The minimum absolute atomic E-state index is 0.0830. The fraction of sp³-hybridized carbons (Fsp3) is 0.370. The van der Waals surface area contributed by atoms with E-state index in [0.29, 0.717) is 22.3 Å². The molecule has 0 unspecified atom stereocenters. The first kappa shape index (κ1) is 25.1. The van der Waals surface area contributed by atoms with Crippen molar-refractivity contribution in [2.24, 2.45) is 9.98 Å². The summed E-state index contributed by atoms with van der Waals surface area (Å²) >= 11 is 1.20. The molecule has 5 rings (SSSR count). The highest BCUT2D eigenvalue weighted by Crippen LogP contribution is 2.34. The summed E-state index contributed by atoms with van der Waals surface area (Å²) in [6.07, 6.45) is 5.34. The number of amides is 3. The van der Waals surface area contributed by atoms with Crippen LogP contribution in [0.5, 0.6) is 0 Å². The topological polar surface area (TPSA) is 103 Å². The van der Waals surface area contributed by atoms with Gasteiger partial charge < -0.3 is 10.6 Å². The Morgan fingerprint density at radius 1 is 1.03 bits per heavy atom. The highest BCUT2D eigenvalue weighted by Gasteiger charge is 2.42. The van der Waals surface area contributed by atoms with Crippen molar-refractivity contribution >= 4 is 46.2 Å². The lowest BCUT2D eigenvalue weighted by atomic mass is 9.95. The molecule has 1 aliphatic carbocycles. The number of halogens is 1. The average Bonchev–Trinajstić information content (AvgIpc) is 3.23. The molecule has 10 heteroatoms. The summed E-state index contributed by atoms with van der Waals surface area (Å²) in [7, 11) is 0. The molecule has 2 aliphatic heterocycles. The first-order valence-electron chi connectivity index (χ1n) is 12.5. The molecule has 2 N–H and O–H groups in total. The minimum Gasteiger partial charge on any atom is -0.353 e. The highest BCUT2D eigenvalue weighted by atomic mass is 32.2. The number of aliphatic imine (C=N–C) groups is 2. The number of carbonyl (C=O) groups is 3. The summed E-state index contributed by atoms with van der Waals surface area (Å²) in [5.74, 6) is -0.528.